The van der Waals surface area contributed by atoms with E-state index in [-0.39, 0.29) is 0 Å². The molecule has 0 radical (unpaired) electrons. The maximum absolute atomic E-state index is 4.59. The van der Waals surface area contributed by atoms with E-state index in [0.717, 1.165) is 18.9 Å². The summed E-state index contributed by atoms with van der Waals surface area (Å²) in [6.45, 7) is 6.35. The van der Waals surface area contributed by atoms with Crippen molar-refractivity contribution >= 4 is 16.6 Å². The predicted octanol–water partition coefficient (Wildman–Crippen LogP) is 3.05. The van der Waals surface area contributed by atoms with Crippen molar-refractivity contribution in [3.63, 3.8) is 0 Å². The Morgan fingerprint density at radius 1 is 1.16 bits per heavy atom. The van der Waals surface area contributed by atoms with Crippen molar-refractivity contribution in [1.82, 2.24) is 10.3 Å². The van der Waals surface area contributed by atoms with Gasteiger partial charge in [-0.05, 0) is 23.4 Å². The first-order chi connectivity index (χ1) is 9.09. The van der Waals surface area contributed by atoms with Gasteiger partial charge in [-0.2, -0.15) is 0 Å². The molecule has 0 saturated carbocycles. The number of nitrogens with zero attached hydrogens (tertiary/aromatic N) is 2. The van der Waals surface area contributed by atoms with Gasteiger partial charge >= 0.3 is 0 Å². The molecule has 0 unspecified atom stereocenters. The molecule has 0 spiro atoms. The number of hydrogen-bond donors (Lipinski definition) is 1. The molecule has 1 N–H and O–H groups in total. The van der Waals surface area contributed by atoms with Crippen LogP contribution in [0, 0.1) is 5.92 Å². The van der Waals surface area contributed by atoms with Gasteiger partial charge in [0.05, 0.1) is 0 Å². The second-order valence-corrected chi connectivity index (χ2v) is 5.57. The summed E-state index contributed by atoms with van der Waals surface area (Å²) < 4.78 is 0. The Morgan fingerprint density at radius 3 is 2.47 bits per heavy atom. The molecule has 102 valence electrons. The van der Waals surface area contributed by atoms with Crippen LogP contribution in [0.3, 0.4) is 0 Å². The molecule has 3 heteroatoms. The molecule has 3 nitrogen and oxygen atoms in total. The monoisotopic (exact) mass is 257 g/mol. The second-order valence-electron chi connectivity index (χ2n) is 5.57. The molecule has 19 heavy (non-hydrogen) atoms. The zero-order chi connectivity index (χ0) is 13.8. The lowest BCUT2D eigenvalue weighted by Crippen LogP contribution is -2.19. The summed E-state index contributed by atoms with van der Waals surface area (Å²) in [5, 5.41) is 6.00. The maximum atomic E-state index is 4.59. The van der Waals surface area contributed by atoms with Crippen LogP contribution in [0.4, 0.5) is 5.82 Å². The summed E-state index contributed by atoms with van der Waals surface area (Å²) in [7, 11) is 4.07. The molecule has 0 saturated heterocycles. The normalized spacial score (nSPS) is 11.2. The molecule has 0 aliphatic carbocycles. The van der Waals surface area contributed by atoms with Crippen molar-refractivity contribution in [3.8, 4) is 0 Å². The van der Waals surface area contributed by atoms with Crippen LogP contribution in [-0.4, -0.2) is 25.6 Å². The van der Waals surface area contributed by atoms with Crippen LogP contribution in [0.2, 0.25) is 0 Å². The first-order valence-electron chi connectivity index (χ1n) is 6.84. The second kappa shape index (κ2) is 6.02. The lowest BCUT2D eigenvalue weighted by molar-refractivity contribution is 0.553. The summed E-state index contributed by atoms with van der Waals surface area (Å²) in [5.41, 5.74) is 1.27. The standard InChI is InChI=1S/C16H23N3/c1-12(2)9-17-10-13-11-18-16(19(3)4)15-8-6-5-7-14(13)15/h5-8,11-12,17H,9-10H2,1-4H3. The van der Waals surface area contributed by atoms with E-state index < -0.39 is 0 Å². The van der Waals surface area contributed by atoms with Crippen LogP contribution < -0.4 is 10.2 Å². The third kappa shape index (κ3) is 3.24. The molecule has 0 aliphatic heterocycles. The van der Waals surface area contributed by atoms with Crippen LogP contribution in [0.1, 0.15) is 19.4 Å². The predicted molar refractivity (Wildman–Crippen MR) is 82.6 cm³/mol. The SMILES string of the molecule is CC(C)CNCc1cnc(N(C)C)c2ccccc12. The molecule has 0 fully saturated rings. The van der Waals surface area contributed by atoms with Gasteiger partial charge in [0.25, 0.3) is 0 Å². The number of pyridine rings is 1. The van der Waals surface area contributed by atoms with Gasteiger partial charge in [-0.25, -0.2) is 4.98 Å². The summed E-state index contributed by atoms with van der Waals surface area (Å²) in [5.74, 6) is 1.70. The number of benzene rings is 1. The van der Waals surface area contributed by atoms with E-state index in [2.05, 4.69) is 53.3 Å². The molecule has 0 amide bonds. The van der Waals surface area contributed by atoms with Gasteiger partial charge in [-0.3, -0.25) is 0 Å². The minimum atomic E-state index is 0.667. The van der Waals surface area contributed by atoms with Gasteiger partial charge in [0.2, 0.25) is 0 Å². The number of anilines is 1. The van der Waals surface area contributed by atoms with E-state index in [9.17, 15) is 0 Å². The van der Waals surface area contributed by atoms with Crippen LogP contribution >= 0.6 is 0 Å². The minimum absolute atomic E-state index is 0.667. The lowest BCUT2D eigenvalue weighted by Gasteiger charge is -2.16. The average Bonchev–Trinajstić information content (AvgIpc) is 2.38. The zero-order valence-corrected chi connectivity index (χ0v) is 12.3. The fraction of sp³-hybridized carbons (Fsp3) is 0.438. The van der Waals surface area contributed by atoms with Crippen molar-refractivity contribution in [2.24, 2.45) is 5.92 Å². The lowest BCUT2D eigenvalue weighted by atomic mass is 10.1. The van der Waals surface area contributed by atoms with E-state index >= 15 is 0 Å². The highest BCUT2D eigenvalue weighted by Gasteiger charge is 2.08. The van der Waals surface area contributed by atoms with Crippen LogP contribution in [0.5, 0.6) is 0 Å². The molecule has 1 heterocycles. The minimum Gasteiger partial charge on any atom is -0.362 e. The maximum Gasteiger partial charge on any atom is 0.135 e. The van der Waals surface area contributed by atoms with Crippen molar-refractivity contribution in [2.45, 2.75) is 20.4 Å². The summed E-state index contributed by atoms with van der Waals surface area (Å²) in [4.78, 5) is 6.65. The molecular formula is C16H23N3. The summed E-state index contributed by atoms with van der Waals surface area (Å²) in [6, 6.07) is 8.48. The highest BCUT2D eigenvalue weighted by Crippen LogP contribution is 2.25. The largest absolute Gasteiger partial charge is 0.362 e. The Bertz CT molecular complexity index is 547. The summed E-state index contributed by atoms with van der Waals surface area (Å²) in [6.07, 6.45) is 1.99. The number of aromatic nitrogens is 1. The quantitative estimate of drug-likeness (QED) is 0.892. The number of fused-ring (bicyclic) bond motifs is 1. The van der Waals surface area contributed by atoms with Crippen LogP contribution in [0.25, 0.3) is 10.8 Å². The Labute approximate surface area is 115 Å². The topological polar surface area (TPSA) is 28.2 Å². The molecule has 0 atom stereocenters. The van der Waals surface area contributed by atoms with Gasteiger partial charge in [-0.15, -0.1) is 0 Å². The highest BCUT2D eigenvalue weighted by molar-refractivity contribution is 5.94. The molecular weight excluding hydrogens is 234 g/mol. The van der Waals surface area contributed by atoms with Gasteiger partial charge < -0.3 is 10.2 Å². The third-order valence-electron chi connectivity index (χ3n) is 3.15. The van der Waals surface area contributed by atoms with Crippen molar-refractivity contribution in [2.75, 3.05) is 25.5 Å². The van der Waals surface area contributed by atoms with Crippen LogP contribution in [0.15, 0.2) is 30.5 Å². The average molecular weight is 257 g/mol. The van der Waals surface area contributed by atoms with Gasteiger partial charge in [0.1, 0.15) is 5.82 Å². The molecule has 0 bridgehead atoms. The highest BCUT2D eigenvalue weighted by atomic mass is 15.1. The van der Waals surface area contributed by atoms with E-state index in [1.807, 2.05) is 20.3 Å². The summed E-state index contributed by atoms with van der Waals surface area (Å²) >= 11 is 0. The Hall–Kier alpha value is -1.61. The molecule has 2 aromatic rings. The van der Waals surface area contributed by atoms with Crippen molar-refractivity contribution in [3.05, 3.63) is 36.0 Å². The van der Waals surface area contributed by atoms with Crippen LogP contribution in [-0.2, 0) is 6.54 Å². The molecule has 0 aliphatic rings. The third-order valence-corrected chi connectivity index (χ3v) is 3.15. The van der Waals surface area contributed by atoms with Gasteiger partial charge in [-0.1, -0.05) is 38.1 Å². The van der Waals surface area contributed by atoms with Crippen molar-refractivity contribution in [1.29, 1.82) is 0 Å². The molecule has 1 aromatic carbocycles. The van der Waals surface area contributed by atoms with Gasteiger partial charge in [0.15, 0.2) is 0 Å². The van der Waals surface area contributed by atoms with E-state index in [1.54, 1.807) is 0 Å². The zero-order valence-electron chi connectivity index (χ0n) is 12.3. The number of hydrogen-bond acceptors (Lipinski definition) is 3. The first kappa shape index (κ1) is 13.8. The Morgan fingerprint density at radius 2 is 1.84 bits per heavy atom. The fourth-order valence-electron chi connectivity index (χ4n) is 2.23. The first-order valence-corrected chi connectivity index (χ1v) is 6.84. The number of nitrogens with one attached hydrogen (secondary N) is 1. The number of rotatable bonds is 5. The van der Waals surface area contributed by atoms with E-state index in [0.29, 0.717) is 5.92 Å². The molecule has 2 rings (SSSR count). The van der Waals surface area contributed by atoms with Gasteiger partial charge in [0, 0.05) is 32.2 Å². The fourth-order valence-corrected chi connectivity index (χ4v) is 2.23. The Kier molecular flexibility index (Phi) is 4.38. The smallest absolute Gasteiger partial charge is 0.135 e. The van der Waals surface area contributed by atoms with E-state index in [1.165, 1.54) is 16.3 Å². The van der Waals surface area contributed by atoms with E-state index in [4.69, 9.17) is 0 Å². The Balaban J connectivity index is 2.33. The van der Waals surface area contributed by atoms with Crippen molar-refractivity contribution < 1.29 is 0 Å². The molecule has 1 aromatic heterocycles.